The molecule has 0 unspecified atom stereocenters. The van der Waals surface area contributed by atoms with Gasteiger partial charge in [0.15, 0.2) is 11.5 Å². The van der Waals surface area contributed by atoms with Gasteiger partial charge in [0.2, 0.25) is 15.9 Å². The molecule has 3 rings (SSSR count). The summed E-state index contributed by atoms with van der Waals surface area (Å²) >= 11 is 6.17. The molecule has 1 heterocycles. The second-order valence-electron chi connectivity index (χ2n) is 7.16. The molecule has 2 aromatic rings. The van der Waals surface area contributed by atoms with Gasteiger partial charge in [-0.05, 0) is 37.3 Å². The number of hydrogen-bond donors (Lipinski definition) is 1. The van der Waals surface area contributed by atoms with E-state index in [-0.39, 0.29) is 28.6 Å². The lowest BCUT2D eigenvalue weighted by Crippen LogP contribution is -2.38. The zero-order chi connectivity index (χ0) is 23.5. The molecule has 0 bridgehead atoms. The lowest BCUT2D eigenvalue weighted by Gasteiger charge is -2.22. The van der Waals surface area contributed by atoms with Gasteiger partial charge in [-0.2, -0.15) is 0 Å². The largest absolute Gasteiger partial charge is 0.486 e. The Morgan fingerprint density at radius 1 is 1.06 bits per heavy atom. The number of nitrogens with zero attached hydrogens (tertiary/aromatic N) is 2. The number of likely N-dealkylation sites (N-methyl/N-ethyl adjacent to an activating group) is 1. The summed E-state index contributed by atoms with van der Waals surface area (Å²) in [6, 6.07) is 8.94. The Hall–Kier alpha value is -2.82. The number of benzene rings is 2. The van der Waals surface area contributed by atoms with E-state index in [4.69, 9.17) is 21.1 Å². The van der Waals surface area contributed by atoms with Crippen LogP contribution in [-0.2, 0) is 14.8 Å². The molecule has 0 atom stereocenters. The van der Waals surface area contributed by atoms with Crippen molar-refractivity contribution in [2.75, 3.05) is 45.7 Å². The van der Waals surface area contributed by atoms with Crippen molar-refractivity contribution in [3.63, 3.8) is 0 Å². The maximum Gasteiger partial charge on any atom is 0.255 e. The zero-order valence-electron chi connectivity index (χ0n) is 17.9. The number of amides is 2. The lowest BCUT2D eigenvalue weighted by molar-refractivity contribution is -0.116. The Balaban J connectivity index is 1.75. The minimum Gasteiger partial charge on any atom is -0.486 e. The van der Waals surface area contributed by atoms with Crippen LogP contribution in [0.15, 0.2) is 41.3 Å². The average Bonchev–Trinajstić information content (AvgIpc) is 2.77. The summed E-state index contributed by atoms with van der Waals surface area (Å²) in [4.78, 5) is 26.8. The zero-order valence-corrected chi connectivity index (χ0v) is 19.5. The van der Waals surface area contributed by atoms with Gasteiger partial charge in [0.25, 0.3) is 5.91 Å². The molecular formula is C21H24ClN3O6S. The first-order valence-corrected chi connectivity index (χ1v) is 11.7. The number of carbonyl (C=O) groups is 2. The van der Waals surface area contributed by atoms with Crippen LogP contribution in [0.25, 0.3) is 0 Å². The third kappa shape index (κ3) is 5.14. The van der Waals surface area contributed by atoms with Gasteiger partial charge in [0, 0.05) is 32.4 Å². The molecule has 1 N–H and O–H groups in total. The van der Waals surface area contributed by atoms with E-state index in [1.165, 1.54) is 37.2 Å². The molecular weight excluding hydrogens is 458 g/mol. The van der Waals surface area contributed by atoms with Crippen LogP contribution < -0.4 is 14.8 Å². The van der Waals surface area contributed by atoms with E-state index in [1.54, 1.807) is 25.1 Å². The van der Waals surface area contributed by atoms with Crippen molar-refractivity contribution >= 4 is 39.1 Å². The number of carbonyl (C=O) groups excluding carboxylic acids is 2. The molecule has 2 aromatic carbocycles. The van der Waals surface area contributed by atoms with Crippen molar-refractivity contribution in [2.45, 2.75) is 11.8 Å². The summed E-state index contributed by atoms with van der Waals surface area (Å²) in [6.07, 6.45) is 0. The van der Waals surface area contributed by atoms with Gasteiger partial charge >= 0.3 is 0 Å². The van der Waals surface area contributed by atoms with Crippen LogP contribution in [0.5, 0.6) is 11.5 Å². The summed E-state index contributed by atoms with van der Waals surface area (Å²) in [5.74, 6) is 0.153. The van der Waals surface area contributed by atoms with Gasteiger partial charge < -0.3 is 19.7 Å². The van der Waals surface area contributed by atoms with Crippen LogP contribution in [0.2, 0.25) is 5.02 Å². The van der Waals surface area contributed by atoms with Crippen LogP contribution in [0.1, 0.15) is 17.3 Å². The van der Waals surface area contributed by atoms with Crippen LogP contribution in [0, 0.1) is 0 Å². The predicted octanol–water partition coefficient (Wildman–Crippen LogP) is 2.46. The molecule has 1 aliphatic rings. The molecule has 1 aliphatic heterocycles. The van der Waals surface area contributed by atoms with Gasteiger partial charge in [-0.25, -0.2) is 12.7 Å². The van der Waals surface area contributed by atoms with E-state index >= 15 is 0 Å². The SMILES string of the molecule is CCN(CC(=O)Nc1ccc2c(c1)OCCO2)C(=O)c1cc(S(=O)(=O)N(C)C)ccc1Cl. The third-order valence-electron chi connectivity index (χ3n) is 4.78. The number of sulfonamides is 1. The predicted molar refractivity (Wildman–Crippen MR) is 120 cm³/mol. The first-order chi connectivity index (χ1) is 15.1. The average molecular weight is 482 g/mol. The van der Waals surface area contributed by atoms with Crippen molar-refractivity contribution in [3.05, 3.63) is 47.0 Å². The fraction of sp³-hybridized carbons (Fsp3) is 0.333. The maximum absolute atomic E-state index is 13.0. The monoisotopic (exact) mass is 481 g/mol. The van der Waals surface area contributed by atoms with Crippen molar-refractivity contribution in [3.8, 4) is 11.5 Å². The van der Waals surface area contributed by atoms with Crippen LogP contribution in [0.3, 0.4) is 0 Å². The highest BCUT2D eigenvalue weighted by atomic mass is 35.5. The summed E-state index contributed by atoms with van der Waals surface area (Å²) < 4.78 is 36.8. The van der Waals surface area contributed by atoms with E-state index < -0.39 is 21.8 Å². The Morgan fingerprint density at radius 3 is 2.41 bits per heavy atom. The highest BCUT2D eigenvalue weighted by molar-refractivity contribution is 7.89. The molecule has 11 heteroatoms. The fourth-order valence-electron chi connectivity index (χ4n) is 3.03. The first kappa shape index (κ1) is 23.8. The molecule has 2 amide bonds. The van der Waals surface area contributed by atoms with Gasteiger partial charge in [-0.1, -0.05) is 11.6 Å². The molecule has 0 radical (unpaired) electrons. The number of ether oxygens (including phenoxy) is 2. The van der Waals surface area contributed by atoms with E-state index in [9.17, 15) is 18.0 Å². The van der Waals surface area contributed by atoms with Crippen LogP contribution in [0.4, 0.5) is 5.69 Å². The summed E-state index contributed by atoms with van der Waals surface area (Å²) in [5, 5.41) is 2.82. The highest BCUT2D eigenvalue weighted by Gasteiger charge is 2.24. The van der Waals surface area contributed by atoms with Crippen molar-refractivity contribution in [1.29, 1.82) is 0 Å². The van der Waals surface area contributed by atoms with E-state index in [1.807, 2.05) is 0 Å². The third-order valence-corrected chi connectivity index (χ3v) is 6.92. The summed E-state index contributed by atoms with van der Waals surface area (Å²) in [5.41, 5.74) is 0.503. The van der Waals surface area contributed by atoms with E-state index in [2.05, 4.69) is 5.32 Å². The molecule has 32 heavy (non-hydrogen) atoms. The molecule has 9 nitrogen and oxygen atoms in total. The molecule has 0 saturated carbocycles. The Morgan fingerprint density at radius 2 is 1.75 bits per heavy atom. The van der Waals surface area contributed by atoms with Crippen LogP contribution >= 0.6 is 11.6 Å². The summed E-state index contributed by atoms with van der Waals surface area (Å²) in [7, 11) is -0.961. The maximum atomic E-state index is 13.0. The topological polar surface area (TPSA) is 105 Å². The Bertz CT molecular complexity index is 1140. The van der Waals surface area contributed by atoms with Gasteiger partial charge in [0.05, 0.1) is 15.5 Å². The Labute approximate surface area is 191 Å². The van der Waals surface area contributed by atoms with E-state index in [0.717, 1.165) is 4.31 Å². The molecule has 0 saturated heterocycles. The Kier molecular flexibility index (Phi) is 7.27. The smallest absolute Gasteiger partial charge is 0.255 e. The normalized spacial score (nSPS) is 13.0. The van der Waals surface area contributed by atoms with E-state index in [0.29, 0.717) is 30.4 Å². The lowest BCUT2D eigenvalue weighted by atomic mass is 10.2. The van der Waals surface area contributed by atoms with Crippen LogP contribution in [-0.4, -0.2) is 69.8 Å². The van der Waals surface area contributed by atoms with Gasteiger partial charge in [-0.3, -0.25) is 9.59 Å². The minimum atomic E-state index is -3.75. The molecule has 0 spiro atoms. The fourth-order valence-corrected chi connectivity index (χ4v) is 4.16. The van der Waals surface area contributed by atoms with Crippen molar-refractivity contribution in [1.82, 2.24) is 9.21 Å². The molecule has 0 fully saturated rings. The second kappa shape index (κ2) is 9.76. The number of hydrogen-bond acceptors (Lipinski definition) is 6. The number of rotatable bonds is 7. The molecule has 0 aliphatic carbocycles. The van der Waals surface area contributed by atoms with Crippen molar-refractivity contribution in [2.24, 2.45) is 0 Å². The number of anilines is 1. The first-order valence-electron chi connectivity index (χ1n) is 9.84. The second-order valence-corrected chi connectivity index (χ2v) is 9.71. The van der Waals surface area contributed by atoms with Gasteiger partial charge in [-0.15, -0.1) is 0 Å². The number of fused-ring (bicyclic) bond motifs is 1. The highest BCUT2D eigenvalue weighted by Crippen LogP contribution is 2.32. The summed E-state index contributed by atoms with van der Waals surface area (Å²) in [6.45, 7) is 2.57. The molecule has 0 aromatic heterocycles. The standard InChI is InChI=1S/C21H24ClN3O6S/c1-4-25(13-20(26)23-14-5-8-18-19(11-14)31-10-9-30-18)21(27)16-12-15(6-7-17(16)22)32(28,29)24(2)3/h5-8,11-12H,4,9-10,13H2,1-3H3,(H,23,26). The molecule has 172 valence electrons. The number of nitrogens with one attached hydrogen (secondary N) is 1. The van der Waals surface area contributed by atoms with Gasteiger partial charge in [0.1, 0.15) is 19.8 Å². The number of halogens is 1. The van der Waals surface area contributed by atoms with Crippen molar-refractivity contribution < 1.29 is 27.5 Å². The quantitative estimate of drug-likeness (QED) is 0.651. The minimum absolute atomic E-state index is 0.00331.